The lowest BCUT2D eigenvalue weighted by Gasteiger charge is -2.43. The lowest BCUT2D eigenvalue weighted by atomic mass is 9.70. The zero-order valence-electron chi connectivity index (χ0n) is 38.6. The van der Waals surface area contributed by atoms with E-state index in [0.29, 0.717) is 32.4 Å². The van der Waals surface area contributed by atoms with Crippen LogP contribution in [-0.4, -0.2) is 119 Å². The largest absolute Gasteiger partial charge is 0.444 e. The number of nitrogens with one attached hydrogen (secondary N) is 4. The molecule has 2 aliphatic carbocycles. The molecule has 16 nitrogen and oxygen atoms in total. The number of Topliss-reactive ketones (excluding diaryl/α,β-unsaturated/α-hetero) is 1. The number of hydrogen-bond donors (Lipinski definition) is 4. The average Bonchev–Trinajstić information content (AvgIpc) is 3.96. The second kappa shape index (κ2) is 19.9. The van der Waals surface area contributed by atoms with Crippen LogP contribution in [0, 0.1) is 22.2 Å². The van der Waals surface area contributed by atoms with Crippen LogP contribution < -0.4 is 21.3 Å². The zero-order valence-corrected chi connectivity index (χ0v) is 38.6. The van der Waals surface area contributed by atoms with E-state index in [2.05, 4.69) is 27.8 Å². The Hall–Kier alpha value is -5.28. The van der Waals surface area contributed by atoms with Gasteiger partial charge in [-0.3, -0.25) is 33.7 Å². The molecule has 1 aromatic rings. The highest BCUT2D eigenvalue weighted by molar-refractivity contribution is 6.38. The van der Waals surface area contributed by atoms with Gasteiger partial charge in [0.25, 0.3) is 5.91 Å². The molecule has 64 heavy (non-hydrogen) atoms. The number of rotatable bonds is 15. The fraction of sp³-hybridized carbons (Fsp3) is 0.667. The van der Waals surface area contributed by atoms with Gasteiger partial charge in [0.1, 0.15) is 18.2 Å². The quantitative estimate of drug-likeness (QED) is 0.111. The molecule has 5 aliphatic rings. The summed E-state index contributed by atoms with van der Waals surface area (Å²) < 4.78 is 6.07. The zero-order chi connectivity index (χ0) is 46.6. The Balaban J connectivity index is 1.26. The smallest absolute Gasteiger partial charge is 0.410 e. The van der Waals surface area contributed by atoms with E-state index in [-0.39, 0.29) is 63.0 Å². The van der Waals surface area contributed by atoms with Gasteiger partial charge in [-0.25, -0.2) is 9.59 Å². The summed E-state index contributed by atoms with van der Waals surface area (Å²) in [6.07, 6.45) is 6.69. The number of nitrogens with zero attached hydrogens (tertiary/aromatic N) is 3. The number of urea groups is 1. The molecule has 16 heteroatoms. The average molecular weight is 888 g/mol. The number of amides is 8. The maximum absolute atomic E-state index is 15.3. The van der Waals surface area contributed by atoms with E-state index in [9.17, 15) is 33.6 Å². The lowest BCUT2D eigenvalue weighted by Crippen LogP contribution is -2.63. The van der Waals surface area contributed by atoms with Gasteiger partial charge >= 0.3 is 12.1 Å². The Morgan fingerprint density at radius 1 is 0.922 bits per heavy atom. The van der Waals surface area contributed by atoms with E-state index in [1.165, 1.54) is 15.9 Å². The van der Waals surface area contributed by atoms with Crippen LogP contribution in [0.15, 0.2) is 36.9 Å². The van der Waals surface area contributed by atoms with Crippen molar-refractivity contribution in [2.24, 2.45) is 22.2 Å². The topological polar surface area (TPSA) is 204 Å². The highest BCUT2D eigenvalue weighted by atomic mass is 16.6. The molecular weight excluding hydrogens is 819 g/mol. The SMILES string of the molecule is C=CCNC(=O)C(=O)C(CC1CC1)NC(=O)[C@@H]1C[C@@H](OC(=O)N2CCc3ccccc3C2)CN1C(=O)[C@@H](NC(=O)N[C@H](CN1C(=O)CC(C)(C)CC1=O)C(C)(C)C)C1(C)CCCCC1. The van der Waals surface area contributed by atoms with Crippen molar-refractivity contribution in [3.63, 3.8) is 0 Å². The van der Waals surface area contributed by atoms with E-state index in [4.69, 9.17) is 4.74 Å². The van der Waals surface area contributed by atoms with Gasteiger partial charge in [-0.15, -0.1) is 6.58 Å². The first-order valence-corrected chi connectivity index (χ1v) is 23.1. The predicted molar refractivity (Wildman–Crippen MR) is 238 cm³/mol. The summed E-state index contributed by atoms with van der Waals surface area (Å²) in [5.41, 5.74) is 0.347. The van der Waals surface area contributed by atoms with Crippen LogP contribution in [0.3, 0.4) is 0 Å². The fourth-order valence-electron chi connectivity index (χ4n) is 9.65. The molecule has 0 bridgehead atoms. The monoisotopic (exact) mass is 888 g/mol. The van der Waals surface area contributed by atoms with E-state index < -0.39 is 82.1 Å². The number of likely N-dealkylation sites (tertiary alicyclic amines) is 2. The standard InChI is InChI=1S/C48H69N7O9/c1-8-21-49-42(60)39(58)34(23-30-16-17-30)50-41(59)35-24-33(64-45(63)53-22-18-31-14-10-11-15-32(31)27-53)28-54(35)43(61)40(48(7)19-12-9-13-20-48)52-44(62)51-36(46(2,3)4)29-55-37(56)25-47(5,6)26-38(55)57/h8,10-11,14-15,30,33-36,40H,1,9,12-13,16-29H2,2-7H3,(H,49,60)(H,50,59)(H2,51,52,62)/t33-,34?,35+,36-,40-/m1/s1. The minimum atomic E-state index is -1.21. The van der Waals surface area contributed by atoms with Crippen molar-refractivity contribution in [3.8, 4) is 0 Å². The maximum atomic E-state index is 15.3. The highest BCUT2D eigenvalue weighted by Gasteiger charge is 2.50. The third kappa shape index (κ3) is 11.9. The van der Waals surface area contributed by atoms with Crippen LogP contribution in [0.1, 0.15) is 123 Å². The van der Waals surface area contributed by atoms with Crippen molar-refractivity contribution in [2.45, 2.75) is 155 Å². The number of imide groups is 1. The van der Waals surface area contributed by atoms with Crippen molar-refractivity contribution < 1.29 is 43.1 Å². The van der Waals surface area contributed by atoms with Crippen LogP contribution in [-0.2, 0) is 46.5 Å². The molecular formula is C48H69N7O9. The first kappa shape index (κ1) is 48.2. The molecule has 0 spiro atoms. The Morgan fingerprint density at radius 3 is 2.20 bits per heavy atom. The van der Waals surface area contributed by atoms with Crippen molar-refractivity contribution in [1.29, 1.82) is 0 Å². The van der Waals surface area contributed by atoms with Gasteiger partial charge in [-0.05, 0) is 59.0 Å². The third-order valence-electron chi connectivity index (χ3n) is 13.8. The molecule has 8 amide bonds. The summed E-state index contributed by atoms with van der Waals surface area (Å²) in [4.78, 5) is 115. The van der Waals surface area contributed by atoms with Gasteiger partial charge < -0.3 is 35.8 Å². The summed E-state index contributed by atoms with van der Waals surface area (Å²) in [5.74, 6) is -3.34. The van der Waals surface area contributed by atoms with Crippen molar-refractivity contribution in [1.82, 2.24) is 36.0 Å². The van der Waals surface area contributed by atoms with Crippen LogP contribution >= 0.6 is 0 Å². The van der Waals surface area contributed by atoms with Gasteiger partial charge in [0.2, 0.25) is 29.4 Å². The Bertz CT molecular complexity index is 1960. The second-order valence-electron chi connectivity index (χ2n) is 20.9. The molecule has 2 saturated carbocycles. The van der Waals surface area contributed by atoms with Gasteiger partial charge in [0.05, 0.1) is 18.6 Å². The summed E-state index contributed by atoms with van der Waals surface area (Å²) in [7, 11) is 0. The van der Waals surface area contributed by atoms with Crippen LogP contribution in [0.4, 0.5) is 9.59 Å². The molecule has 0 aromatic heterocycles. The molecule has 1 unspecified atom stereocenters. The Labute approximate surface area is 377 Å². The minimum absolute atomic E-state index is 0.0447. The highest BCUT2D eigenvalue weighted by Crippen LogP contribution is 2.41. The molecule has 4 N–H and O–H groups in total. The van der Waals surface area contributed by atoms with Gasteiger partial charge in [0.15, 0.2) is 0 Å². The molecule has 1 aromatic carbocycles. The number of carbonyl (C=O) groups excluding carboxylic acids is 8. The third-order valence-corrected chi connectivity index (χ3v) is 13.8. The number of ether oxygens (including phenoxy) is 1. The fourth-order valence-corrected chi connectivity index (χ4v) is 9.65. The van der Waals surface area contributed by atoms with Crippen molar-refractivity contribution in [2.75, 3.05) is 26.2 Å². The molecule has 350 valence electrons. The number of fused-ring (bicyclic) bond motifs is 1. The predicted octanol–water partition coefficient (Wildman–Crippen LogP) is 4.54. The molecule has 4 fully saturated rings. The Kier molecular flexibility index (Phi) is 14.9. The van der Waals surface area contributed by atoms with Gasteiger partial charge in [0, 0.05) is 45.4 Å². The number of benzene rings is 1. The lowest BCUT2D eigenvalue weighted by molar-refractivity contribution is -0.153. The summed E-state index contributed by atoms with van der Waals surface area (Å²) in [5, 5.41) is 11.3. The first-order valence-electron chi connectivity index (χ1n) is 23.1. The summed E-state index contributed by atoms with van der Waals surface area (Å²) in [6.45, 7) is 15.6. The number of piperidine rings is 1. The number of hydrogen-bond acceptors (Lipinski definition) is 9. The minimum Gasteiger partial charge on any atom is -0.444 e. The molecule has 3 aliphatic heterocycles. The van der Waals surface area contributed by atoms with Crippen LogP contribution in [0.5, 0.6) is 0 Å². The maximum Gasteiger partial charge on any atom is 0.410 e. The summed E-state index contributed by atoms with van der Waals surface area (Å²) in [6, 6.07) is 3.03. The molecule has 2 saturated heterocycles. The van der Waals surface area contributed by atoms with E-state index in [0.717, 1.165) is 43.2 Å². The molecule has 3 heterocycles. The van der Waals surface area contributed by atoms with Crippen molar-refractivity contribution in [3.05, 3.63) is 48.0 Å². The summed E-state index contributed by atoms with van der Waals surface area (Å²) >= 11 is 0. The van der Waals surface area contributed by atoms with Crippen molar-refractivity contribution >= 4 is 47.4 Å². The number of carbonyl (C=O) groups is 8. The first-order chi connectivity index (χ1) is 30.2. The van der Waals surface area contributed by atoms with Crippen LogP contribution in [0.25, 0.3) is 0 Å². The van der Waals surface area contributed by atoms with E-state index in [1.807, 2.05) is 65.8 Å². The Morgan fingerprint density at radius 2 is 1.58 bits per heavy atom. The number of ketones is 1. The molecule has 6 rings (SSSR count). The normalized spacial score (nSPS) is 23.2. The molecule has 0 radical (unpaired) electrons. The molecule has 5 atom stereocenters. The van der Waals surface area contributed by atoms with Gasteiger partial charge in [-0.2, -0.15) is 0 Å². The van der Waals surface area contributed by atoms with E-state index >= 15 is 4.79 Å². The van der Waals surface area contributed by atoms with Gasteiger partial charge in [-0.1, -0.05) is 104 Å². The van der Waals surface area contributed by atoms with E-state index in [1.54, 1.807) is 4.90 Å². The van der Waals surface area contributed by atoms with Crippen LogP contribution in [0.2, 0.25) is 0 Å². The second-order valence-corrected chi connectivity index (χ2v) is 20.9.